The molecule has 3 nitrogen and oxygen atoms in total. The van der Waals surface area contributed by atoms with Crippen molar-refractivity contribution in [2.75, 3.05) is 19.6 Å². The summed E-state index contributed by atoms with van der Waals surface area (Å²) in [5.74, 6) is 2.31. The lowest BCUT2D eigenvalue weighted by Gasteiger charge is -2.45. The number of rotatable bonds is 4. The Morgan fingerprint density at radius 2 is 1.93 bits per heavy atom. The number of nitrogens with zero attached hydrogens (tertiary/aromatic N) is 1. The van der Waals surface area contributed by atoms with Gasteiger partial charge in [-0.05, 0) is 98.8 Å². The van der Waals surface area contributed by atoms with Crippen molar-refractivity contribution in [3.8, 4) is 0 Å². The largest absolute Gasteiger partial charge is 0.393 e. The van der Waals surface area contributed by atoms with E-state index in [0.717, 1.165) is 23.0 Å². The minimum Gasteiger partial charge on any atom is -0.393 e. The number of hydrogen-bond donors (Lipinski definition) is 2. The molecule has 0 bridgehead atoms. The van der Waals surface area contributed by atoms with Gasteiger partial charge in [0.2, 0.25) is 0 Å². The van der Waals surface area contributed by atoms with E-state index in [2.05, 4.69) is 37.5 Å². The quantitative estimate of drug-likeness (QED) is 0.709. The number of allylic oxidation sites excluding steroid dienone is 3. The van der Waals surface area contributed by atoms with Crippen LogP contribution in [0.2, 0.25) is 0 Å². The number of aliphatic hydroxyl groups is 2. The molecule has 4 fully saturated rings. The molecule has 4 aliphatic rings. The monoisotopic (exact) mass is 399 g/mol. The highest BCUT2D eigenvalue weighted by atomic mass is 16.3. The van der Waals surface area contributed by atoms with Gasteiger partial charge in [0.25, 0.3) is 0 Å². The van der Waals surface area contributed by atoms with Gasteiger partial charge in [-0.1, -0.05) is 38.2 Å². The van der Waals surface area contributed by atoms with Gasteiger partial charge in [-0.2, -0.15) is 0 Å². The summed E-state index contributed by atoms with van der Waals surface area (Å²) in [6, 6.07) is 0. The smallest absolute Gasteiger partial charge is 0.0811 e. The summed E-state index contributed by atoms with van der Waals surface area (Å²) < 4.78 is 0. The maximum atomic E-state index is 10.1. The fourth-order valence-corrected chi connectivity index (χ4v) is 7.18. The highest BCUT2D eigenvalue weighted by molar-refractivity contribution is 5.38. The molecule has 0 aromatic carbocycles. The first kappa shape index (κ1) is 21.3. The van der Waals surface area contributed by atoms with Crippen molar-refractivity contribution in [2.45, 2.75) is 83.8 Å². The first-order chi connectivity index (χ1) is 13.9. The number of hydrogen-bond acceptors (Lipinski definition) is 3. The van der Waals surface area contributed by atoms with Gasteiger partial charge in [0.05, 0.1) is 12.2 Å². The van der Waals surface area contributed by atoms with Gasteiger partial charge in [-0.25, -0.2) is 0 Å². The molecule has 2 N–H and O–H groups in total. The lowest BCUT2D eigenvalue weighted by Crippen LogP contribution is -2.39. The van der Waals surface area contributed by atoms with Crippen LogP contribution in [-0.4, -0.2) is 47.0 Å². The molecule has 2 unspecified atom stereocenters. The maximum absolute atomic E-state index is 10.1. The standard InChI is InChI=1S/C26H41NO2/c1-18(17-27-13-4-5-14-27)23-10-11-24-20(7-6-12-26(23,24)3)8-9-21-15-22(28)16-25(29)19(21)2/h8-9,18,22-25,28-29H,2,4-7,10-17H2,1,3H3/b20-8+,21-9+/t18-,22?,23+,24-,25?,26+/m0/s1. The summed E-state index contributed by atoms with van der Waals surface area (Å²) in [5.41, 5.74) is 3.87. The van der Waals surface area contributed by atoms with Crippen LogP contribution in [0.25, 0.3) is 0 Å². The first-order valence-corrected chi connectivity index (χ1v) is 12.1. The third kappa shape index (κ3) is 4.29. The average molecular weight is 400 g/mol. The van der Waals surface area contributed by atoms with E-state index in [1.54, 1.807) is 5.57 Å². The van der Waals surface area contributed by atoms with E-state index in [0.29, 0.717) is 24.2 Å². The van der Waals surface area contributed by atoms with E-state index < -0.39 is 12.2 Å². The summed E-state index contributed by atoms with van der Waals surface area (Å²) >= 11 is 0. The van der Waals surface area contributed by atoms with Gasteiger partial charge in [-0.15, -0.1) is 0 Å². The van der Waals surface area contributed by atoms with Crippen LogP contribution in [0, 0.1) is 23.2 Å². The predicted octanol–water partition coefficient (Wildman–Crippen LogP) is 4.86. The van der Waals surface area contributed by atoms with Crippen molar-refractivity contribution in [3.63, 3.8) is 0 Å². The summed E-state index contributed by atoms with van der Waals surface area (Å²) in [4.78, 5) is 2.69. The second kappa shape index (κ2) is 8.69. The Morgan fingerprint density at radius 1 is 1.17 bits per heavy atom. The molecule has 0 radical (unpaired) electrons. The van der Waals surface area contributed by atoms with Crippen molar-refractivity contribution in [1.82, 2.24) is 4.90 Å². The van der Waals surface area contributed by atoms with Crippen LogP contribution >= 0.6 is 0 Å². The normalized spacial score (nSPS) is 42.6. The van der Waals surface area contributed by atoms with E-state index in [9.17, 15) is 10.2 Å². The molecule has 1 saturated heterocycles. The number of fused-ring (bicyclic) bond motifs is 1. The highest BCUT2D eigenvalue weighted by Crippen LogP contribution is 2.59. The van der Waals surface area contributed by atoms with E-state index in [1.165, 1.54) is 64.6 Å². The van der Waals surface area contributed by atoms with Crippen molar-refractivity contribution in [3.05, 3.63) is 35.5 Å². The Labute approximate surface area is 177 Å². The molecule has 0 aromatic rings. The number of aliphatic hydroxyl groups excluding tert-OH is 2. The van der Waals surface area contributed by atoms with E-state index in [-0.39, 0.29) is 0 Å². The van der Waals surface area contributed by atoms with Gasteiger partial charge in [0.1, 0.15) is 0 Å². The first-order valence-electron chi connectivity index (χ1n) is 12.1. The summed E-state index contributed by atoms with van der Waals surface area (Å²) in [5, 5.41) is 20.2. The van der Waals surface area contributed by atoms with Gasteiger partial charge >= 0.3 is 0 Å². The Kier molecular flexibility index (Phi) is 6.39. The van der Waals surface area contributed by atoms with E-state index in [1.807, 2.05) is 0 Å². The van der Waals surface area contributed by atoms with Crippen LogP contribution in [0.3, 0.4) is 0 Å². The Bertz CT molecular complexity index is 674. The number of likely N-dealkylation sites (tertiary alicyclic amines) is 1. The zero-order chi connectivity index (χ0) is 20.6. The Hall–Kier alpha value is -0.900. The van der Waals surface area contributed by atoms with Crippen molar-refractivity contribution >= 4 is 0 Å². The molecule has 29 heavy (non-hydrogen) atoms. The third-order valence-electron chi connectivity index (χ3n) is 8.73. The molecule has 3 aliphatic carbocycles. The van der Waals surface area contributed by atoms with Gasteiger partial charge in [0, 0.05) is 13.0 Å². The van der Waals surface area contributed by atoms with Crippen LogP contribution in [0.5, 0.6) is 0 Å². The lowest BCUT2D eigenvalue weighted by molar-refractivity contribution is 0.0821. The molecular weight excluding hydrogens is 358 g/mol. The van der Waals surface area contributed by atoms with Gasteiger partial charge < -0.3 is 15.1 Å². The molecule has 1 heterocycles. The molecule has 162 valence electrons. The molecule has 0 spiro atoms. The van der Waals surface area contributed by atoms with Crippen molar-refractivity contribution in [2.24, 2.45) is 23.2 Å². The second-order valence-electron chi connectivity index (χ2n) is 10.6. The molecule has 3 saturated carbocycles. The van der Waals surface area contributed by atoms with Crippen LogP contribution in [0.4, 0.5) is 0 Å². The van der Waals surface area contributed by atoms with Crippen molar-refractivity contribution in [1.29, 1.82) is 0 Å². The SMILES string of the molecule is C=C1/C(=C/C=C2\CCC[C@]3(C)[C@@H]([C@@H](C)CN4CCCC4)CC[C@@H]23)CC(O)CC1O. The lowest BCUT2D eigenvalue weighted by atomic mass is 9.61. The zero-order valence-electron chi connectivity index (χ0n) is 18.6. The van der Waals surface area contributed by atoms with Gasteiger partial charge in [0.15, 0.2) is 0 Å². The molecule has 4 rings (SSSR count). The molecule has 6 atom stereocenters. The van der Waals surface area contributed by atoms with Crippen LogP contribution in [-0.2, 0) is 0 Å². The fraction of sp³-hybridized carbons (Fsp3) is 0.769. The minimum atomic E-state index is -0.595. The third-order valence-corrected chi connectivity index (χ3v) is 8.73. The maximum Gasteiger partial charge on any atom is 0.0811 e. The molecule has 1 aliphatic heterocycles. The van der Waals surface area contributed by atoms with Crippen LogP contribution in [0.1, 0.15) is 71.6 Å². The molecule has 0 amide bonds. The molecular formula is C26H41NO2. The van der Waals surface area contributed by atoms with Gasteiger partial charge in [-0.3, -0.25) is 0 Å². The van der Waals surface area contributed by atoms with E-state index >= 15 is 0 Å². The Morgan fingerprint density at radius 3 is 2.69 bits per heavy atom. The van der Waals surface area contributed by atoms with E-state index in [4.69, 9.17) is 0 Å². The summed E-state index contributed by atoms with van der Waals surface area (Å²) in [6.45, 7) is 13.0. The molecule has 0 aromatic heterocycles. The molecule has 3 heteroatoms. The highest BCUT2D eigenvalue weighted by Gasteiger charge is 2.50. The van der Waals surface area contributed by atoms with Crippen molar-refractivity contribution < 1.29 is 10.2 Å². The summed E-state index contributed by atoms with van der Waals surface area (Å²) in [6.07, 6.45) is 13.8. The summed E-state index contributed by atoms with van der Waals surface area (Å²) in [7, 11) is 0. The minimum absolute atomic E-state index is 0.421. The fourth-order valence-electron chi connectivity index (χ4n) is 7.18. The zero-order valence-corrected chi connectivity index (χ0v) is 18.6. The van der Waals surface area contributed by atoms with Crippen LogP contribution in [0.15, 0.2) is 35.5 Å². The van der Waals surface area contributed by atoms with Crippen LogP contribution < -0.4 is 0 Å². The second-order valence-corrected chi connectivity index (χ2v) is 10.6. The Balaban J connectivity index is 1.49. The topological polar surface area (TPSA) is 43.7 Å². The average Bonchev–Trinajstić information content (AvgIpc) is 3.30. The predicted molar refractivity (Wildman–Crippen MR) is 120 cm³/mol.